The van der Waals surface area contributed by atoms with E-state index in [1.807, 2.05) is 45.9 Å². The minimum Gasteiger partial charge on any atom is -0.457 e. The van der Waals surface area contributed by atoms with Crippen LogP contribution in [0.1, 0.15) is 80.6 Å². The topological polar surface area (TPSA) is 175 Å². The number of hydrogen-bond donors (Lipinski definition) is 2. The van der Waals surface area contributed by atoms with Crippen molar-refractivity contribution in [3.05, 3.63) is 70.3 Å². The lowest BCUT2D eigenvalue weighted by Crippen LogP contribution is -2.42. The highest BCUT2D eigenvalue weighted by molar-refractivity contribution is 5.75. The zero-order chi connectivity index (χ0) is 36.5. The minimum atomic E-state index is -1.44. The highest BCUT2D eigenvalue weighted by atomic mass is 16.6. The molecule has 0 aliphatic carbocycles. The zero-order valence-electron chi connectivity index (χ0n) is 29.4. The third kappa shape index (κ3) is 11.9. The van der Waals surface area contributed by atoms with E-state index in [1.165, 1.54) is 38.1 Å². The Morgan fingerprint density at radius 2 is 1.86 bits per heavy atom. The number of benzene rings is 1. The lowest BCUT2D eigenvalue weighted by molar-refractivity contribution is -0.384. The Kier molecular flexibility index (Phi) is 14.3. The number of allylic oxidation sites excluding steroid dienone is 3. The molecule has 0 spiro atoms. The number of nitrogens with zero attached hydrogens (tertiary/aromatic N) is 1. The Bertz CT molecular complexity index is 1400. The summed E-state index contributed by atoms with van der Waals surface area (Å²) in [6.45, 7) is 12.5. The number of nitro benzene ring substituents is 1. The van der Waals surface area contributed by atoms with Gasteiger partial charge in [0.2, 0.25) is 0 Å². The summed E-state index contributed by atoms with van der Waals surface area (Å²) in [5, 5.41) is 32.3. The number of esters is 3. The van der Waals surface area contributed by atoms with E-state index in [4.69, 9.17) is 18.9 Å². The standard InChI is InChI=1S/C37H51NO11/c1-8-30(36(42)47-29-15-13-27(14-16-29)38(44)45)25(5)35-31(48-35)20-22(2)10-9-11-23(3)34-24(4)12-17-32(46-26(6)39)37(7,43)19-18-28(40)21-33(41)49-34/h9-17,22,24-25,28,30-32,34-35,40,43H,8,18-21H2,1-7H3/b10-9+,17-12-,23-11+. The van der Waals surface area contributed by atoms with Gasteiger partial charge < -0.3 is 29.2 Å². The number of hydrogen-bond acceptors (Lipinski definition) is 11. The van der Waals surface area contributed by atoms with Crippen molar-refractivity contribution in [1.82, 2.24) is 0 Å². The number of aliphatic hydroxyl groups is 2. The van der Waals surface area contributed by atoms with Crippen LogP contribution in [0.25, 0.3) is 0 Å². The summed E-state index contributed by atoms with van der Waals surface area (Å²) < 4.78 is 22.7. The average molecular weight is 686 g/mol. The molecule has 12 heteroatoms. The number of nitro groups is 1. The van der Waals surface area contributed by atoms with Crippen LogP contribution in [0.3, 0.4) is 0 Å². The van der Waals surface area contributed by atoms with Crippen LogP contribution in [0.2, 0.25) is 0 Å². The lowest BCUT2D eigenvalue weighted by atomic mass is 9.86. The van der Waals surface area contributed by atoms with Gasteiger partial charge in [-0.05, 0) is 75.1 Å². The van der Waals surface area contributed by atoms with Gasteiger partial charge in [-0.1, -0.05) is 52.0 Å². The first-order valence-electron chi connectivity index (χ1n) is 16.9. The molecule has 0 radical (unpaired) electrons. The van der Waals surface area contributed by atoms with E-state index in [1.54, 1.807) is 12.2 Å². The van der Waals surface area contributed by atoms with Crippen LogP contribution < -0.4 is 4.74 Å². The van der Waals surface area contributed by atoms with Crippen LogP contribution >= 0.6 is 0 Å². The van der Waals surface area contributed by atoms with E-state index in [-0.39, 0.29) is 60.7 Å². The maximum Gasteiger partial charge on any atom is 0.314 e. The number of cyclic esters (lactones) is 1. The molecule has 1 fully saturated rings. The van der Waals surface area contributed by atoms with Crippen LogP contribution in [0.5, 0.6) is 5.75 Å². The normalized spacial score (nSPS) is 30.6. The second-order valence-electron chi connectivity index (χ2n) is 13.6. The minimum absolute atomic E-state index is 0.0211. The number of carbonyl (C=O) groups excluding carboxylic acids is 3. The molecule has 2 aliphatic heterocycles. The summed E-state index contributed by atoms with van der Waals surface area (Å²) in [5.74, 6) is -1.93. The molecule has 0 saturated carbocycles. The number of aliphatic hydroxyl groups excluding tert-OH is 1. The number of ether oxygens (including phenoxy) is 4. The van der Waals surface area contributed by atoms with Gasteiger partial charge in [0.15, 0.2) is 0 Å². The van der Waals surface area contributed by atoms with Crippen molar-refractivity contribution in [2.45, 2.75) is 117 Å². The third-order valence-corrected chi connectivity index (χ3v) is 9.25. The Hall–Kier alpha value is -3.87. The van der Waals surface area contributed by atoms with E-state index in [0.29, 0.717) is 6.42 Å². The number of non-ortho nitro benzene ring substituents is 1. The van der Waals surface area contributed by atoms with E-state index in [9.17, 15) is 34.7 Å². The fourth-order valence-corrected chi connectivity index (χ4v) is 6.18. The molecule has 2 N–H and O–H groups in total. The molecule has 1 saturated heterocycles. The van der Waals surface area contributed by atoms with Gasteiger partial charge in [0.1, 0.15) is 23.6 Å². The van der Waals surface area contributed by atoms with Crippen molar-refractivity contribution >= 4 is 23.6 Å². The lowest BCUT2D eigenvalue weighted by Gasteiger charge is -2.32. The molecule has 1 aromatic rings. The molecule has 12 nitrogen and oxygen atoms in total. The maximum atomic E-state index is 12.9. The molecule has 3 rings (SSSR count). The molecule has 10 unspecified atom stereocenters. The van der Waals surface area contributed by atoms with Crippen molar-refractivity contribution in [3.8, 4) is 5.75 Å². The van der Waals surface area contributed by atoms with Gasteiger partial charge in [-0.3, -0.25) is 24.5 Å². The monoisotopic (exact) mass is 685 g/mol. The van der Waals surface area contributed by atoms with Gasteiger partial charge in [0.05, 0.1) is 35.6 Å². The summed E-state index contributed by atoms with van der Waals surface area (Å²) >= 11 is 0. The summed E-state index contributed by atoms with van der Waals surface area (Å²) in [6, 6.07) is 5.42. The number of rotatable bonds is 12. The first kappa shape index (κ1) is 39.6. The number of epoxide rings is 1. The molecular formula is C37H51NO11. The van der Waals surface area contributed by atoms with Crippen molar-refractivity contribution in [1.29, 1.82) is 0 Å². The predicted octanol–water partition coefficient (Wildman–Crippen LogP) is 5.79. The van der Waals surface area contributed by atoms with Gasteiger partial charge in [-0.2, -0.15) is 0 Å². The molecule has 10 atom stereocenters. The van der Waals surface area contributed by atoms with Gasteiger partial charge in [0.25, 0.3) is 5.69 Å². The van der Waals surface area contributed by atoms with Crippen LogP contribution in [0, 0.1) is 33.8 Å². The summed E-state index contributed by atoms with van der Waals surface area (Å²) in [5.41, 5.74) is -0.756. The third-order valence-electron chi connectivity index (χ3n) is 9.25. The number of carbonyl (C=O) groups is 3. The Morgan fingerprint density at radius 1 is 1.18 bits per heavy atom. The summed E-state index contributed by atoms with van der Waals surface area (Å²) in [4.78, 5) is 47.8. The van der Waals surface area contributed by atoms with E-state index < -0.39 is 52.7 Å². The smallest absolute Gasteiger partial charge is 0.314 e. The van der Waals surface area contributed by atoms with Crippen molar-refractivity contribution in [3.63, 3.8) is 0 Å². The van der Waals surface area contributed by atoms with Crippen molar-refractivity contribution in [2.75, 3.05) is 0 Å². The van der Waals surface area contributed by atoms with Crippen LogP contribution in [-0.4, -0.2) is 69.2 Å². The largest absolute Gasteiger partial charge is 0.457 e. The molecule has 0 amide bonds. The Morgan fingerprint density at radius 3 is 2.47 bits per heavy atom. The SMILES string of the molecule is CCC(C(=O)Oc1ccc([N+](=O)[O-])cc1)C(C)C1OC1CC(C)/C=C/C=C(\C)C1OC(=O)CC(O)CCC(C)(O)C(OC(C)=O)/C=C\C1C. The van der Waals surface area contributed by atoms with Gasteiger partial charge >= 0.3 is 17.9 Å². The van der Waals surface area contributed by atoms with E-state index in [0.717, 1.165) is 12.0 Å². The Labute approximate surface area is 288 Å². The first-order valence-corrected chi connectivity index (χ1v) is 16.9. The highest BCUT2D eigenvalue weighted by Gasteiger charge is 2.47. The average Bonchev–Trinajstić information content (AvgIpc) is 3.79. The second kappa shape index (κ2) is 17.7. The highest BCUT2D eigenvalue weighted by Crippen LogP contribution is 2.39. The van der Waals surface area contributed by atoms with Crippen LogP contribution in [-0.2, 0) is 28.6 Å². The van der Waals surface area contributed by atoms with Gasteiger partial charge in [-0.15, -0.1) is 0 Å². The zero-order valence-corrected chi connectivity index (χ0v) is 29.4. The first-order chi connectivity index (χ1) is 23.0. The molecule has 270 valence electrons. The molecule has 2 heterocycles. The van der Waals surface area contributed by atoms with Gasteiger partial charge in [0, 0.05) is 25.0 Å². The fraction of sp³-hybridized carbons (Fsp3) is 0.595. The predicted molar refractivity (Wildman–Crippen MR) is 181 cm³/mol. The molecular weight excluding hydrogens is 634 g/mol. The summed E-state index contributed by atoms with van der Waals surface area (Å²) in [6.07, 6.45) is 7.74. The Balaban J connectivity index is 1.61. The second-order valence-corrected chi connectivity index (χ2v) is 13.6. The maximum absolute atomic E-state index is 12.9. The molecule has 2 aliphatic rings. The summed E-state index contributed by atoms with van der Waals surface area (Å²) in [7, 11) is 0. The fourth-order valence-electron chi connectivity index (χ4n) is 6.18. The van der Waals surface area contributed by atoms with E-state index in [2.05, 4.69) is 6.92 Å². The molecule has 49 heavy (non-hydrogen) atoms. The van der Waals surface area contributed by atoms with Crippen LogP contribution in [0.15, 0.2) is 60.2 Å². The quantitative estimate of drug-likeness (QED) is 0.0518. The van der Waals surface area contributed by atoms with Gasteiger partial charge in [-0.25, -0.2) is 0 Å². The van der Waals surface area contributed by atoms with Crippen molar-refractivity contribution in [2.24, 2.45) is 23.7 Å². The molecule has 0 aromatic heterocycles. The van der Waals surface area contributed by atoms with Crippen LogP contribution in [0.4, 0.5) is 5.69 Å². The molecule has 1 aromatic carbocycles. The van der Waals surface area contributed by atoms with Crippen molar-refractivity contribution < 1.29 is 48.5 Å². The molecule has 0 bridgehead atoms. The van der Waals surface area contributed by atoms with E-state index >= 15 is 0 Å².